The van der Waals surface area contributed by atoms with E-state index in [2.05, 4.69) is 47.2 Å². The molecule has 0 amide bonds. The smallest absolute Gasteiger partial charge is 0.133 e. The molecule has 1 N–H and O–H groups in total. The van der Waals surface area contributed by atoms with Gasteiger partial charge in [0.15, 0.2) is 0 Å². The third-order valence-corrected chi connectivity index (χ3v) is 3.02. The molecule has 0 saturated carbocycles. The lowest BCUT2D eigenvalue weighted by molar-refractivity contribution is 0.110. The van der Waals surface area contributed by atoms with Crippen LogP contribution < -0.4 is 10.1 Å². The molecular weight excluding hydrogens is 294 g/mol. The molecule has 0 aliphatic heterocycles. The molecule has 4 heteroatoms. The van der Waals surface area contributed by atoms with Gasteiger partial charge in [0, 0.05) is 19.2 Å². The summed E-state index contributed by atoms with van der Waals surface area (Å²) in [6, 6.07) is 6.65. The molecule has 0 bridgehead atoms. The zero-order valence-electron chi connectivity index (χ0n) is 11.3. The molecular formula is C14H22BrNO2. The molecule has 102 valence electrons. The average molecular weight is 316 g/mol. The Balaban J connectivity index is 2.46. The first kappa shape index (κ1) is 15.5. The molecule has 18 heavy (non-hydrogen) atoms. The first-order chi connectivity index (χ1) is 8.63. The summed E-state index contributed by atoms with van der Waals surface area (Å²) in [5.41, 5.74) is 1.24. The Morgan fingerprint density at radius 1 is 1.28 bits per heavy atom. The van der Waals surface area contributed by atoms with Gasteiger partial charge in [-0.05, 0) is 40.5 Å². The summed E-state index contributed by atoms with van der Waals surface area (Å²) in [6.07, 6.45) is 0. The fraction of sp³-hybridized carbons (Fsp3) is 0.571. The quantitative estimate of drug-likeness (QED) is 0.746. The number of benzene rings is 1. The van der Waals surface area contributed by atoms with Crippen LogP contribution in [0.5, 0.6) is 5.75 Å². The van der Waals surface area contributed by atoms with Crippen molar-refractivity contribution in [1.29, 1.82) is 0 Å². The second kappa shape index (κ2) is 8.51. The van der Waals surface area contributed by atoms with Crippen LogP contribution >= 0.6 is 15.9 Å². The molecule has 0 aliphatic carbocycles. The highest BCUT2D eigenvalue weighted by Crippen LogP contribution is 2.26. The van der Waals surface area contributed by atoms with Crippen molar-refractivity contribution in [3.05, 3.63) is 28.2 Å². The lowest BCUT2D eigenvalue weighted by Crippen LogP contribution is -2.21. The van der Waals surface area contributed by atoms with Crippen molar-refractivity contribution in [1.82, 2.24) is 5.32 Å². The molecule has 0 radical (unpaired) electrons. The van der Waals surface area contributed by atoms with Gasteiger partial charge in [-0.1, -0.05) is 19.9 Å². The van der Waals surface area contributed by atoms with Gasteiger partial charge < -0.3 is 14.8 Å². The van der Waals surface area contributed by atoms with Crippen molar-refractivity contribution in [3.63, 3.8) is 0 Å². The third kappa shape index (κ3) is 5.85. The lowest BCUT2D eigenvalue weighted by Gasteiger charge is -2.11. The SMILES string of the molecule is CCOCCOc1ccc(CNC(C)C)cc1Br. The second-order valence-corrected chi connectivity index (χ2v) is 5.20. The van der Waals surface area contributed by atoms with Crippen molar-refractivity contribution >= 4 is 15.9 Å². The summed E-state index contributed by atoms with van der Waals surface area (Å²) in [4.78, 5) is 0. The summed E-state index contributed by atoms with van der Waals surface area (Å²) in [6.45, 7) is 9.06. The van der Waals surface area contributed by atoms with Crippen LogP contribution in [0.3, 0.4) is 0 Å². The largest absolute Gasteiger partial charge is 0.490 e. The maximum atomic E-state index is 5.63. The highest BCUT2D eigenvalue weighted by molar-refractivity contribution is 9.10. The van der Waals surface area contributed by atoms with E-state index in [0.29, 0.717) is 19.3 Å². The predicted octanol–water partition coefficient (Wildman–Crippen LogP) is 3.36. The first-order valence-corrected chi connectivity index (χ1v) is 7.15. The molecule has 0 unspecified atom stereocenters. The molecule has 0 aliphatic rings. The second-order valence-electron chi connectivity index (χ2n) is 4.35. The Hall–Kier alpha value is -0.580. The van der Waals surface area contributed by atoms with Gasteiger partial charge in [-0.15, -0.1) is 0 Å². The minimum Gasteiger partial charge on any atom is -0.490 e. The van der Waals surface area contributed by atoms with E-state index in [-0.39, 0.29) is 0 Å². The van der Waals surface area contributed by atoms with Crippen molar-refractivity contribution in [2.24, 2.45) is 0 Å². The average Bonchev–Trinajstić information content (AvgIpc) is 2.34. The first-order valence-electron chi connectivity index (χ1n) is 6.35. The summed E-state index contributed by atoms with van der Waals surface area (Å²) in [7, 11) is 0. The molecule has 0 fully saturated rings. The maximum Gasteiger partial charge on any atom is 0.133 e. The Morgan fingerprint density at radius 3 is 2.67 bits per heavy atom. The van der Waals surface area contributed by atoms with E-state index in [1.54, 1.807) is 0 Å². The number of hydrogen-bond donors (Lipinski definition) is 1. The summed E-state index contributed by atoms with van der Waals surface area (Å²) in [5.74, 6) is 0.864. The van der Waals surface area contributed by atoms with E-state index in [9.17, 15) is 0 Å². The van der Waals surface area contributed by atoms with Crippen LogP contribution in [0.2, 0.25) is 0 Å². The van der Waals surface area contributed by atoms with E-state index in [4.69, 9.17) is 9.47 Å². The van der Waals surface area contributed by atoms with E-state index >= 15 is 0 Å². The van der Waals surface area contributed by atoms with E-state index < -0.39 is 0 Å². The van der Waals surface area contributed by atoms with Gasteiger partial charge in [0.25, 0.3) is 0 Å². The fourth-order valence-corrected chi connectivity index (χ4v) is 1.99. The molecule has 0 spiro atoms. The van der Waals surface area contributed by atoms with Crippen LogP contribution in [0.4, 0.5) is 0 Å². The molecule has 3 nitrogen and oxygen atoms in total. The van der Waals surface area contributed by atoms with Crippen LogP contribution in [-0.2, 0) is 11.3 Å². The van der Waals surface area contributed by atoms with Crippen LogP contribution in [0.25, 0.3) is 0 Å². The van der Waals surface area contributed by atoms with Gasteiger partial charge >= 0.3 is 0 Å². The molecule has 1 aromatic carbocycles. The Labute approximate surface area is 118 Å². The van der Waals surface area contributed by atoms with E-state index in [1.165, 1.54) is 5.56 Å². The van der Waals surface area contributed by atoms with Crippen LogP contribution in [0, 0.1) is 0 Å². The number of rotatable bonds is 8. The zero-order valence-corrected chi connectivity index (χ0v) is 12.9. The van der Waals surface area contributed by atoms with Gasteiger partial charge in [-0.25, -0.2) is 0 Å². The predicted molar refractivity (Wildman–Crippen MR) is 78.1 cm³/mol. The zero-order chi connectivity index (χ0) is 13.4. The molecule has 0 heterocycles. The van der Waals surface area contributed by atoms with E-state index in [0.717, 1.165) is 23.4 Å². The molecule has 0 saturated heterocycles. The molecule has 1 rings (SSSR count). The monoisotopic (exact) mass is 315 g/mol. The van der Waals surface area contributed by atoms with Crippen molar-refractivity contribution in [3.8, 4) is 5.75 Å². The number of nitrogens with one attached hydrogen (secondary N) is 1. The molecule has 0 aromatic heterocycles. The standard InChI is InChI=1S/C14H22BrNO2/c1-4-17-7-8-18-14-6-5-12(9-13(14)15)10-16-11(2)3/h5-6,9,11,16H,4,7-8,10H2,1-3H3. The summed E-state index contributed by atoms with van der Waals surface area (Å²) >= 11 is 3.53. The van der Waals surface area contributed by atoms with Gasteiger partial charge in [0.1, 0.15) is 12.4 Å². The van der Waals surface area contributed by atoms with Crippen LogP contribution in [-0.4, -0.2) is 25.9 Å². The van der Waals surface area contributed by atoms with Gasteiger partial charge in [-0.2, -0.15) is 0 Å². The lowest BCUT2D eigenvalue weighted by atomic mass is 10.2. The third-order valence-electron chi connectivity index (χ3n) is 2.40. The highest BCUT2D eigenvalue weighted by Gasteiger charge is 2.03. The highest BCUT2D eigenvalue weighted by atomic mass is 79.9. The van der Waals surface area contributed by atoms with Gasteiger partial charge in [-0.3, -0.25) is 0 Å². The minimum absolute atomic E-state index is 0.492. The number of hydrogen-bond acceptors (Lipinski definition) is 3. The van der Waals surface area contributed by atoms with Crippen molar-refractivity contribution in [2.75, 3.05) is 19.8 Å². The number of ether oxygens (including phenoxy) is 2. The Morgan fingerprint density at radius 2 is 2.06 bits per heavy atom. The normalized spacial score (nSPS) is 10.9. The fourth-order valence-electron chi connectivity index (χ4n) is 1.45. The molecule has 0 atom stereocenters. The van der Waals surface area contributed by atoms with Crippen molar-refractivity contribution in [2.45, 2.75) is 33.4 Å². The Bertz CT molecular complexity index is 356. The van der Waals surface area contributed by atoms with Gasteiger partial charge in [0.05, 0.1) is 11.1 Å². The Kier molecular flexibility index (Phi) is 7.32. The van der Waals surface area contributed by atoms with Crippen LogP contribution in [0.15, 0.2) is 22.7 Å². The summed E-state index contributed by atoms with van der Waals surface area (Å²) < 4.78 is 11.8. The van der Waals surface area contributed by atoms with E-state index in [1.807, 2.05) is 13.0 Å². The van der Waals surface area contributed by atoms with Gasteiger partial charge in [0.2, 0.25) is 0 Å². The minimum atomic E-state index is 0.492. The van der Waals surface area contributed by atoms with Crippen molar-refractivity contribution < 1.29 is 9.47 Å². The maximum absolute atomic E-state index is 5.63. The topological polar surface area (TPSA) is 30.5 Å². The summed E-state index contributed by atoms with van der Waals surface area (Å²) in [5, 5.41) is 3.39. The molecule has 1 aromatic rings. The number of halogens is 1. The van der Waals surface area contributed by atoms with Crippen LogP contribution in [0.1, 0.15) is 26.3 Å².